The molecule has 0 spiro atoms. The Balaban J connectivity index is 1.70. The van der Waals surface area contributed by atoms with Crippen LogP contribution in [0.5, 0.6) is 0 Å². The van der Waals surface area contributed by atoms with Gasteiger partial charge in [0.1, 0.15) is 10.4 Å². The van der Waals surface area contributed by atoms with E-state index in [-0.39, 0.29) is 6.10 Å². The fraction of sp³-hybridized carbons (Fsp3) is 0.714. The van der Waals surface area contributed by atoms with Gasteiger partial charge in [-0.05, 0) is 28.6 Å². The van der Waals surface area contributed by atoms with Crippen LogP contribution in [-0.4, -0.2) is 59.8 Å². The predicted molar refractivity (Wildman–Crippen MR) is 97.2 cm³/mol. The number of nitrogens with zero attached hydrogens (tertiary/aromatic N) is 3. The highest BCUT2D eigenvalue weighted by Gasteiger charge is 2.31. The first-order chi connectivity index (χ1) is 10.7. The van der Waals surface area contributed by atoms with Crippen molar-refractivity contribution in [1.82, 2.24) is 14.7 Å². The number of hydrogen-bond acceptors (Lipinski definition) is 4. The molecule has 2 rings (SSSR count). The number of carboxylic acid groups (broad SMARTS) is 1. The quantitative estimate of drug-likeness (QED) is 0.372. The molecule has 1 aromatic rings. The van der Waals surface area contributed by atoms with Gasteiger partial charge in [-0.2, -0.15) is 5.10 Å². The minimum absolute atomic E-state index is 0.0155. The summed E-state index contributed by atoms with van der Waals surface area (Å²) >= 11 is 2.18. The second-order valence-corrected chi connectivity index (χ2v) is 13.6. The van der Waals surface area contributed by atoms with Gasteiger partial charge in [-0.3, -0.25) is 0 Å². The first-order valence-corrected chi connectivity index (χ1v) is 12.4. The minimum Gasteiger partial charge on any atom is -0.465 e. The van der Waals surface area contributed by atoms with E-state index in [0.29, 0.717) is 26.4 Å². The van der Waals surface area contributed by atoms with E-state index in [0.717, 1.165) is 21.9 Å². The number of ether oxygens (including phenoxy) is 2. The average Bonchev–Trinajstić information content (AvgIpc) is 2.72. The predicted octanol–water partition coefficient (Wildman–Crippen LogP) is 2.68. The molecule has 0 saturated carbocycles. The third-order valence-electron chi connectivity index (χ3n) is 3.60. The number of halogens is 1. The van der Waals surface area contributed by atoms with Gasteiger partial charge in [-0.1, -0.05) is 19.6 Å². The van der Waals surface area contributed by atoms with E-state index in [1.807, 2.05) is 6.20 Å². The van der Waals surface area contributed by atoms with Crippen LogP contribution in [0.4, 0.5) is 4.79 Å². The van der Waals surface area contributed by atoms with Crippen LogP contribution in [0.2, 0.25) is 25.7 Å². The zero-order valence-corrected chi connectivity index (χ0v) is 16.9. The monoisotopic (exact) mass is 453 g/mol. The van der Waals surface area contributed by atoms with Gasteiger partial charge in [0.15, 0.2) is 0 Å². The second kappa shape index (κ2) is 7.95. The Bertz CT molecular complexity index is 541. The van der Waals surface area contributed by atoms with E-state index in [1.165, 1.54) is 4.90 Å². The fourth-order valence-electron chi connectivity index (χ4n) is 2.05. The van der Waals surface area contributed by atoms with Crippen molar-refractivity contribution in [2.75, 3.05) is 19.7 Å². The largest absolute Gasteiger partial charge is 0.465 e. The molecule has 23 heavy (non-hydrogen) atoms. The summed E-state index contributed by atoms with van der Waals surface area (Å²) in [6, 6.07) is 1.14. The lowest BCUT2D eigenvalue weighted by atomic mass is 10.2. The Labute approximate surface area is 151 Å². The molecule has 130 valence electrons. The summed E-state index contributed by atoms with van der Waals surface area (Å²) in [5.74, 6) is 0. The van der Waals surface area contributed by atoms with Crippen LogP contribution in [0, 0.1) is 3.70 Å². The van der Waals surface area contributed by atoms with Crippen LogP contribution >= 0.6 is 22.6 Å². The Morgan fingerprint density at radius 2 is 2.17 bits per heavy atom. The van der Waals surface area contributed by atoms with Gasteiger partial charge in [0.2, 0.25) is 0 Å². The normalized spacial score (nSPS) is 15.7. The highest BCUT2D eigenvalue weighted by molar-refractivity contribution is 14.1. The van der Waals surface area contributed by atoms with Gasteiger partial charge in [0.05, 0.1) is 25.8 Å². The van der Waals surface area contributed by atoms with E-state index in [1.54, 1.807) is 4.68 Å². The summed E-state index contributed by atoms with van der Waals surface area (Å²) in [4.78, 5) is 12.0. The molecule has 0 bridgehead atoms. The molecule has 0 radical (unpaired) electrons. The van der Waals surface area contributed by atoms with Gasteiger partial charge in [-0.15, -0.1) is 0 Å². The molecular weight excluding hydrogens is 429 g/mol. The SMILES string of the molecule is C[Si](C)(C)CCOCn1cc(COC2CN(C(=O)O)C2)c(I)n1. The molecule has 0 aromatic carbocycles. The third-order valence-corrected chi connectivity index (χ3v) is 6.21. The maximum atomic E-state index is 10.7. The first kappa shape index (κ1) is 18.7. The van der Waals surface area contributed by atoms with Crippen molar-refractivity contribution in [2.45, 2.75) is 45.1 Å². The molecule has 1 aromatic heterocycles. The number of carbonyl (C=O) groups is 1. The molecule has 1 saturated heterocycles. The van der Waals surface area contributed by atoms with Gasteiger partial charge >= 0.3 is 6.09 Å². The molecule has 7 nitrogen and oxygen atoms in total. The van der Waals surface area contributed by atoms with Crippen LogP contribution < -0.4 is 0 Å². The molecule has 1 aliphatic heterocycles. The van der Waals surface area contributed by atoms with E-state index in [2.05, 4.69) is 47.3 Å². The summed E-state index contributed by atoms with van der Waals surface area (Å²) in [5, 5.41) is 13.2. The van der Waals surface area contributed by atoms with Crippen molar-refractivity contribution in [2.24, 2.45) is 0 Å². The van der Waals surface area contributed by atoms with Gasteiger partial charge < -0.3 is 19.5 Å². The topological polar surface area (TPSA) is 76.8 Å². The summed E-state index contributed by atoms with van der Waals surface area (Å²) in [5.41, 5.74) is 1.01. The van der Waals surface area contributed by atoms with Crippen LogP contribution in [0.15, 0.2) is 6.20 Å². The second-order valence-electron chi connectivity index (χ2n) is 6.95. The summed E-state index contributed by atoms with van der Waals surface area (Å²) in [7, 11) is -1.06. The zero-order valence-electron chi connectivity index (χ0n) is 13.8. The van der Waals surface area contributed by atoms with Crippen molar-refractivity contribution in [1.29, 1.82) is 0 Å². The van der Waals surface area contributed by atoms with E-state index >= 15 is 0 Å². The molecular formula is C14H24IN3O4Si. The lowest BCUT2D eigenvalue weighted by molar-refractivity contribution is -0.0525. The van der Waals surface area contributed by atoms with Crippen LogP contribution in [0.1, 0.15) is 5.56 Å². The van der Waals surface area contributed by atoms with Gasteiger partial charge in [-0.25, -0.2) is 9.48 Å². The van der Waals surface area contributed by atoms with Gasteiger partial charge in [0, 0.05) is 26.4 Å². The van der Waals surface area contributed by atoms with E-state index < -0.39 is 14.2 Å². The molecule has 1 aliphatic rings. The summed E-state index contributed by atoms with van der Waals surface area (Å²) in [6.45, 7) is 9.55. The van der Waals surface area contributed by atoms with Crippen molar-refractivity contribution in [3.8, 4) is 0 Å². The first-order valence-electron chi connectivity index (χ1n) is 7.63. The minimum atomic E-state index is -1.06. The molecule has 1 fully saturated rings. The zero-order chi connectivity index (χ0) is 17.0. The Kier molecular flexibility index (Phi) is 6.46. The van der Waals surface area contributed by atoms with Crippen LogP contribution in [-0.2, 0) is 22.8 Å². The summed E-state index contributed by atoms with van der Waals surface area (Å²) < 4.78 is 14.1. The number of likely N-dealkylation sites (tertiary alicyclic amines) is 1. The van der Waals surface area contributed by atoms with Crippen molar-refractivity contribution in [3.05, 3.63) is 15.5 Å². The maximum absolute atomic E-state index is 10.7. The number of aromatic nitrogens is 2. The molecule has 0 aliphatic carbocycles. The van der Waals surface area contributed by atoms with Crippen molar-refractivity contribution < 1.29 is 19.4 Å². The van der Waals surface area contributed by atoms with Crippen molar-refractivity contribution >= 4 is 36.8 Å². The Morgan fingerprint density at radius 1 is 1.48 bits per heavy atom. The van der Waals surface area contributed by atoms with Crippen molar-refractivity contribution in [3.63, 3.8) is 0 Å². The number of hydrogen-bond donors (Lipinski definition) is 1. The maximum Gasteiger partial charge on any atom is 0.407 e. The average molecular weight is 453 g/mol. The van der Waals surface area contributed by atoms with Gasteiger partial charge in [0.25, 0.3) is 0 Å². The fourth-order valence-corrected chi connectivity index (χ4v) is 3.37. The number of amides is 1. The van der Waals surface area contributed by atoms with E-state index in [4.69, 9.17) is 14.6 Å². The lowest BCUT2D eigenvalue weighted by Gasteiger charge is -2.36. The highest BCUT2D eigenvalue weighted by Crippen LogP contribution is 2.17. The molecule has 9 heteroatoms. The Morgan fingerprint density at radius 3 is 2.78 bits per heavy atom. The molecule has 2 heterocycles. The highest BCUT2D eigenvalue weighted by atomic mass is 127. The summed E-state index contributed by atoms with van der Waals surface area (Å²) in [6.07, 6.45) is 1.03. The number of rotatable bonds is 8. The molecule has 1 N–H and O–H groups in total. The van der Waals surface area contributed by atoms with Crippen LogP contribution in [0.3, 0.4) is 0 Å². The Hall–Kier alpha value is -0.653. The lowest BCUT2D eigenvalue weighted by Crippen LogP contribution is -2.54. The third kappa shape index (κ3) is 6.05. The van der Waals surface area contributed by atoms with Crippen LogP contribution in [0.25, 0.3) is 0 Å². The molecule has 1 amide bonds. The molecule has 0 atom stereocenters. The molecule has 0 unspecified atom stereocenters. The van der Waals surface area contributed by atoms with E-state index in [9.17, 15) is 4.79 Å². The smallest absolute Gasteiger partial charge is 0.407 e. The standard InChI is InChI=1S/C14H24IN3O4Si/c1-23(2,3)5-4-21-10-18-6-11(13(15)16-18)9-22-12-7-17(8-12)14(19)20/h6,12H,4-5,7-10H2,1-3H3,(H,19,20).